The van der Waals surface area contributed by atoms with Crippen molar-refractivity contribution in [3.05, 3.63) is 7.11 Å². The number of carbonyl (C=O) groups is 2. The maximum absolute atomic E-state index is 12.0. The number of hydrogen-bond donors (Lipinski definition) is 0. The molecule has 0 fully saturated rings. The third kappa shape index (κ3) is 5.29. The Bertz CT molecular complexity index is 328. The van der Waals surface area contributed by atoms with Crippen molar-refractivity contribution in [1.29, 1.82) is 0 Å². The number of hydrogen-bond acceptors (Lipinski definition) is 4. The van der Waals surface area contributed by atoms with Crippen LogP contribution in [0.15, 0.2) is 0 Å². The minimum atomic E-state index is -0.727. The zero-order valence-electron chi connectivity index (χ0n) is 13.7. The van der Waals surface area contributed by atoms with Gasteiger partial charge in [0.15, 0.2) is 0 Å². The van der Waals surface area contributed by atoms with Crippen LogP contribution in [0.4, 0.5) is 0 Å². The van der Waals surface area contributed by atoms with Crippen molar-refractivity contribution >= 4 is 11.9 Å². The quantitative estimate of drug-likeness (QED) is 0.369. The Labute approximate surface area is 116 Å². The Morgan fingerprint density at radius 1 is 1.25 bits per heavy atom. The maximum Gasteiger partial charge on any atom is 0.308 e. The standard InChI is InChI=1S/C15H27O4.Rf/c1-8-14(3,4)10-15(5,13(17)19-7)9-11(2)12(16)18-6;/h11H,7-10H2,1-6H3;/q-1;. The Kier molecular flexibility index (Phi) is 7.61. The van der Waals surface area contributed by atoms with Gasteiger partial charge in [-0.05, 0) is 25.2 Å². The molecule has 0 radical (unpaired) electrons. The first-order valence-corrected chi connectivity index (χ1v) is 6.66. The third-order valence-electron chi connectivity index (χ3n) is 3.81. The number of ether oxygens (including phenoxy) is 2. The molecule has 2 atom stereocenters. The first kappa shape index (κ1) is 20.3. The van der Waals surface area contributed by atoms with Gasteiger partial charge in [0.2, 0.25) is 0 Å². The molecule has 0 bridgehead atoms. The number of carbonyl (C=O) groups excluding carboxylic acids is 2. The molecule has 0 saturated heterocycles. The summed E-state index contributed by atoms with van der Waals surface area (Å²) in [5.41, 5.74) is -0.729. The summed E-state index contributed by atoms with van der Waals surface area (Å²) in [6.07, 6.45) is 1.99. The van der Waals surface area contributed by atoms with Crippen LogP contribution in [-0.4, -0.2) is 19.0 Å². The predicted molar refractivity (Wildman–Crippen MR) is 74.0 cm³/mol. The molecule has 0 spiro atoms. The molecule has 114 valence electrons. The van der Waals surface area contributed by atoms with Crippen molar-refractivity contribution in [3.8, 4) is 0 Å². The average molecular weight is 538 g/mol. The van der Waals surface area contributed by atoms with Crippen LogP contribution in [0, 0.1) is 23.9 Å². The Hall–Kier alpha value is -2.06. The van der Waals surface area contributed by atoms with E-state index >= 15 is 0 Å². The van der Waals surface area contributed by atoms with Gasteiger partial charge in [-0.3, -0.25) is 9.59 Å². The van der Waals surface area contributed by atoms with Crippen LogP contribution in [0.25, 0.3) is 0 Å². The van der Waals surface area contributed by atoms with E-state index in [1.54, 1.807) is 6.92 Å². The van der Waals surface area contributed by atoms with Crippen LogP contribution < -0.4 is 0 Å². The molecule has 0 heterocycles. The van der Waals surface area contributed by atoms with Gasteiger partial charge in [-0.25, -0.2) is 0 Å². The zero-order valence-corrected chi connectivity index (χ0v) is 20.1. The minimum Gasteiger partial charge on any atom is -0.640 e. The summed E-state index contributed by atoms with van der Waals surface area (Å²) in [6, 6.07) is 0. The fraction of sp³-hybridized carbons (Fsp3) is 0.800. The third-order valence-corrected chi connectivity index (χ3v) is 3.81. The fourth-order valence-electron chi connectivity index (χ4n) is 2.54. The number of methoxy groups -OCH3 is 1. The molecule has 0 aliphatic rings. The average Bonchev–Trinajstić information content (AvgIpc) is 2.35. The summed E-state index contributed by atoms with van der Waals surface area (Å²) >= 11 is 0. The second kappa shape index (κ2) is 7.51. The van der Waals surface area contributed by atoms with Crippen LogP contribution in [0.5, 0.6) is 0 Å². The predicted octanol–water partition coefficient (Wildman–Crippen LogP) is 3.35. The number of esters is 2. The van der Waals surface area contributed by atoms with Crippen molar-refractivity contribution in [2.45, 2.75) is 53.9 Å². The summed E-state index contributed by atoms with van der Waals surface area (Å²) in [7, 11) is 4.57. The molecule has 0 aromatic heterocycles. The molecule has 0 aliphatic heterocycles. The Balaban J connectivity index is 0. The van der Waals surface area contributed by atoms with E-state index in [-0.39, 0.29) is 23.3 Å². The molecule has 0 aromatic rings. The normalized spacial score (nSPS) is 15.6. The molecule has 4 nitrogen and oxygen atoms in total. The van der Waals surface area contributed by atoms with Crippen LogP contribution in [0.2, 0.25) is 0 Å². The molecule has 20 heavy (non-hydrogen) atoms. The molecule has 5 heteroatoms. The summed E-state index contributed by atoms with van der Waals surface area (Å²) in [5.74, 6) is -1.02. The summed E-state index contributed by atoms with van der Waals surface area (Å²) < 4.78 is 9.40. The second-order valence-electron chi connectivity index (χ2n) is 6.32. The van der Waals surface area contributed by atoms with Gasteiger partial charge in [-0.15, -0.1) is 0 Å². The Morgan fingerprint density at radius 3 is 2.10 bits per heavy atom. The van der Waals surface area contributed by atoms with Gasteiger partial charge in [-0.2, -0.15) is 7.11 Å². The first-order chi connectivity index (χ1) is 8.61. The summed E-state index contributed by atoms with van der Waals surface area (Å²) in [4.78, 5) is 23.6. The smallest absolute Gasteiger partial charge is 0.308 e. The van der Waals surface area contributed by atoms with Crippen molar-refractivity contribution in [1.82, 2.24) is 0 Å². The van der Waals surface area contributed by atoms with Gasteiger partial charge in [-0.1, -0.05) is 34.1 Å². The molecule has 0 saturated carbocycles. The first-order valence-electron chi connectivity index (χ1n) is 6.66. The van der Waals surface area contributed by atoms with E-state index in [4.69, 9.17) is 4.74 Å². The topological polar surface area (TPSA) is 52.6 Å². The fourth-order valence-corrected chi connectivity index (χ4v) is 2.54. The van der Waals surface area contributed by atoms with Gasteiger partial charge >= 0.3 is 5.97 Å². The van der Waals surface area contributed by atoms with E-state index in [0.29, 0.717) is 12.8 Å². The van der Waals surface area contributed by atoms with E-state index in [0.717, 1.165) is 6.42 Å². The van der Waals surface area contributed by atoms with E-state index in [1.807, 2.05) is 6.92 Å². The van der Waals surface area contributed by atoms with E-state index in [2.05, 4.69) is 32.6 Å². The van der Waals surface area contributed by atoms with E-state index < -0.39 is 5.41 Å². The summed E-state index contributed by atoms with van der Waals surface area (Å²) in [6.45, 7) is 9.88. The molecule has 0 N–H and O–H groups in total. The van der Waals surface area contributed by atoms with E-state index in [1.165, 1.54) is 7.11 Å². The molecule has 0 amide bonds. The second-order valence-corrected chi connectivity index (χ2v) is 6.32. The van der Waals surface area contributed by atoms with E-state index in [9.17, 15) is 9.59 Å². The van der Waals surface area contributed by atoms with Crippen molar-refractivity contribution in [2.75, 3.05) is 7.11 Å². The van der Waals surface area contributed by atoms with Crippen LogP contribution in [0.1, 0.15) is 53.9 Å². The van der Waals surface area contributed by atoms with Gasteiger partial charge in [0.05, 0.1) is 18.4 Å². The molecular formula is C15H27O4Rf-. The van der Waals surface area contributed by atoms with Crippen molar-refractivity contribution in [3.63, 3.8) is 0 Å². The van der Waals surface area contributed by atoms with Gasteiger partial charge in [0.1, 0.15) is 0 Å². The van der Waals surface area contributed by atoms with Gasteiger partial charge in [0, 0.05) is 0 Å². The largest absolute Gasteiger partial charge is 0.640 e. The van der Waals surface area contributed by atoms with Crippen LogP contribution in [-0.2, 0) is 19.1 Å². The molecule has 0 aromatic carbocycles. The summed E-state index contributed by atoms with van der Waals surface area (Å²) in [5, 5.41) is 0. The van der Waals surface area contributed by atoms with Crippen LogP contribution in [0.3, 0.4) is 0 Å². The molecular weight excluding hydrogens is 511 g/mol. The SMILES string of the molecule is [CH2-]OC(=O)C(C)(CC(C)C(=O)OC)CC(C)(C)CC.[Rf]. The molecule has 2 unspecified atom stereocenters. The van der Waals surface area contributed by atoms with Crippen LogP contribution >= 0.6 is 0 Å². The molecule has 0 rings (SSSR count). The Morgan fingerprint density at radius 2 is 1.75 bits per heavy atom. The van der Waals surface area contributed by atoms with Crippen molar-refractivity contribution < 1.29 is 19.1 Å². The minimum absolute atomic E-state index is 0. The van der Waals surface area contributed by atoms with Gasteiger partial charge < -0.3 is 9.47 Å². The van der Waals surface area contributed by atoms with Crippen molar-refractivity contribution in [2.24, 2.45) is 16.7 Å². The number of rotatable bonds is 7. The maximum atomic E-state index is 12.0. The zero-order chi connectivity index (χ0) is 15.3. The monoisotopic (exact) mass is 538 g/mol. The molecule has 0 aliphatic carbocycles. The van der Waals surface area contributed by atoms with Gasteiger partial charge in [0.25, 0.3) is 5.97 Å².